The van der Waals surface area contributed by atoms with Crippen molar-refractivity contribution in [2.45, 2.75) is 155 Å². The summed E-state index contributed by atoms with van der Waals surface area (Å²) < 4.78 is 0. The Morgan fingerprint density at radius 2 is 0.903 bits per heavy atom. The standard InChI is InChI=1S/C30H57N/c1-3-4-5-6-7-8-9-10-11-12-13-14-15-16-17-18-19-20-21-22-23-24-27-31-28-25-30(2)26-29-31/h25-26,28H,3-24,27,29H2,1-2H3. The molecule has 1 rings (SSSR count). The van der Waals surface area contributed by atoms with E-state index in [-0.39, 0.29) is 0 Å². The molecule has 1 nitrogen and oxygen atoms in total. The van der Waals surface area contributed by atoms with E-state index in [1.165, 1.54) is 153 Å². The summed E-state index contributed by atoms with van der Waals surface area (Å²) in [6.45, 7) is 6.84. The molecule has 1 aliphatic rings. The van der Waals surface area contributed by atoms with Crippen molar-refractivity contribution >= 4 is 0 Å². The molecule has 1 heteroatoms. The van der Waals surface area contributed by atoms with Gasteiger partial charge in [0.15, 0.2) is 0 Å². The Kier molecular flexibility index (Phi) is 20.5. The fourth-order valence-corrected chi connectivity index (χ4v) is 4.70. The van der Waals surface area contributed by atoms with Crippen molar-refractivity contribution in [2.24, 2.45) is 0 Å². The molecule has 0 N–H and O–H groups in total. The second kappa shape index (κ2) is 22.5. The van der Waals surface area contributed by atoms with Gasteiger partial charge in [0.2, 0.25) is 0 Å². The lowest BCUT2D eigenvalue weighted by Gasteiger charge is -2.21. The minimum Gasteiger partial charge on any atom is -0.374 e. The van der Waals surface area contributed by atoms with Gasteiger partial charge in [0, 0.05) is 13.1 Å². The topological polar surface area (TPSA) is 3.24 Å². The van der Waals surface area contributed by atoms with Crippen LogP contribution in [0.15, 0.2) is 23.9 Å². The zero-order valence-corrected chi connectivity index (χ0v) is 21.6. The van der Waals surface area contributed by atoms with E-state index in [9.17, 15) is 0 Å². The zero-order valence-electron chi connectivity index (χ0n) is 21.6. The molecule has 0 aromatic carbocycles. The lowest BCUT2D eigenvalue weighted by Crippen LogP contribution is -2.20. The maximum atomic E-state index is 2.45. The van der Waals surface area contributed by atoms with Crippen LogP contribution in [0.1, 0.15) is 155 Å². The minimum absolute atomic E-state index is 1.11. The Bertz CT molecular complexity index is 422. The van der Waals surface area contributed by atoms with E-state index in [2.05, 4.69) is 37.1 Å². The highest BCUT2D eigenvalue weighted by Gasteiger charge is 2.01. The molecule has 0 fully saturated rings. The molecule has 0 amide bonds. The molecular weight excluding hydrogens is 374 g/mol. The molecule has 182 valence electrons. The fraction of sp³-hybridized carbons (Fsp3) is 0.867. The molecule has 0 spiro atoms. The smallest absolute Gasteiger partial charge is 0.0359 e. The third-order valence-electron chi connectivity index (χ3n) is 6.99. The van der Waals surface area contributed by atoms with E-state index in [1.54, 1.807) is 0 Å². The quantitative estimate of drug-likeness (QED) is 0.145. The van der Waals surface area contributed by atoms with E-state index in [0.29, 0.717) is 0 Å². The Morgan fingerprint density at radius 3 is 1.23 bits per heavy atom. The third-order valence-corrected chi connectivity index (χ3v) is 6.99. The van der Waals surface area contributed by atoms with Crippen molar-refractivity contribution in [1.29, 1.82) is 0 Å². The Morgan fingerprint density at radius 1 is 0.548 bits per heavy atom. The number of unbranched alkanes of at least 4 members (excludes halogenated alkanes) is 21. The van der Waals surface area contributed by atoms with Crippen LogP contribution < -0.4 is 0 Å². The SMILES string of the molecule is CCCCCCCCCCCCCCCCCCCCCCCCN1C=CC(C)=CC1. The van der Waals surface area contributed by atoms with Gasteiger partial charge in [-0.15, -0.1) is 0 Å². The molecule has 0 saturated heterocycles. The zero-order chi connectivity index (χ0) is 22.2. The molecular formula is C30H57N. The van der Waals surface area contributed by atoms with Crippen LogP contribution in [0.5, 0.6) is 0 Å². The van der Waals surface area contributed by atoms with Crippen LogP contribution in [0.2, 0.25) is 0 Å². The number of hydrogen-bond donors (Lipinski definition) is 0. The number of nitrogens with zero attached hydrogens (tertiary/aromatic N) is 1. The molecule has 31 heavy (non-hydrogen) atoms. The molecule has 0 unspecified atom stereocenters. The summed E-state index contributed by atoms with van der Waals surface area (Å²) in [7, 11) is 0. The Balaban J connectivity index is 1.65. The minimum atomic E-state index is 1.11. The van der Waals surface area contributed by atoms with Crippen LogP contribution in [-0.2, 0) is 0 Å². The van der Waals surface area contributed by atoms with Gasteiger partial charge in [-0.2, -0.15) is 0 Å². The van der Waals surface area contributed by atoms with Crippen LogP contribution in [0.4, 0.5) is 0 Å². The molecule has 0 aromatic heterocycles. The second-order valence-electron chi connectivity index (χ2n) is 10.2. The molecule has 0 saturated carbocycles. The van der Waals surface area contributed by atoms with Crippen molar-refractivity contribution in [3.8, 4) is 0 Å². The third kappa shape index (κ3) is 19.7. The molecule has 0 atom stereocenters. The summed E-state index contributed by atoms with van der Waals surface area (Å²) in [5.41, 5.74) is 1.41. The van der Waals surface area contributed by atoms with Gasteiger partial charge in [-0.1, -0.05) is 153 Å². The van der Waals surface area contributed by atoms with Crippen molar-refractivity contribution in [3.05, 3.63) is 23.9 Å². The van der Waals surface area contributed by atoms with E-state index < -0.39 is 0 Å². The maximum absolute atomic E-state index is 2.45. The first-order valence-corrected chi connectivity index (χ1v) is 14.4. The lowest BCUT2D eigenvalue weighted by atomic mass is 10.0. The summed E-state index contributed by atoms with van der Waals surface area (Å²) in [5, 5.41) is 0. The molecule has 0 radical (unpaired) electrons. The summed E-state index contributed by atoms with van der Waals surface area (Å²) in [5.74, 6) is 0. The average molecular weight is 432 g/mol. The first-order valence-electron chi connectivity index (χ1n) is 14.4. The van der Waals surface area contributed by atoms with E-state index in [4.69, 9.17) is 0 Å². The summed E-state index contributed by atoms with van der Waals surface area (Å²) in [4.78, 5) is 2.45. The molecule has 1 heterocycles. The van der Waals surface area contributed by atoms with E-state index >= 15 is 0 Å². The summed E-state index contributed by atoms with van der Waals surface area (Å²) >= 11 is 0. The highest BCUT2D eigenvalue weighted by atomic mass is 15.1. The van der Waals surface area contributed by atoms with E-state index in [0.717, 1.165) is 6.54 Å². The van der Waals surface area contributed by atoms with Crippen LogP contribution in [0.25, 0.3) is 0 Å². The number of rotatable bonds is 23. The predicted octanol–water partition coefficient (Wildman–Crippen LogP) is 10.4. The van der Waals surface area contributed by atoms with Gasteiger partial charge in [-0.3, -0.25) is 0 Å². The largest absolute Gasteiger partial charge is 0.374 e. The van der Waals surface area contributed by atoms with Gasteiger partial charge < -0.3 is 4.90 Å². The summed E-state index contributed by atoms with van der Waals surface area (Å²) in [6, 6.07) is 0. The Hall–Kier alpha value is -0.720. The van der Waals surface area contributed by atoms with Crippen molar-refractivity contribution in [1.82, 2.24) is 4.90 Å². The summed E-state index contributed by atoms with van der Waals surface area (Å²) in [6.07, 6.45) is 39.0. The van der Waals surface area contributed by atoms with Gasteiger partial charge in [0.25, 0.3) is 0 Å². The highest BCUT2D eigenvalue weighted by molar-refractivity contribution is 5.19. The average Bonchev–Trinajstić information content (AvgIpc) is 2.78. The number of hydrogen-bond acceptors (Lipinski definition) is 1. The van der Waals surface area contributed by atoms with Crippen molar-refractivity contribution < 1.29 is 0 Å². The molecule has 1 aliphatic heterocycles. The van der Waals surface area contributed by atoms with Crippen LogP contribution in [0, 0.1) is 0 Å². The van der Waals surface area contributed by atoms with Gasteiger partial charge in [0.1, 0.15) is 0 Å². The second-order valence-corrected chi connectivity index (χ2v) is 10.2. The maximum Gasteiger partial charge on any atom is 0.0359 e. The highest BCUT2D eigenvalue weighted by Crippen LogP contribution is 2.15. The molecule has 0 bridgehead atoms. The first kappa shape index (κ1) is 28.3. The number of allylic oxidation sites excluding steroid dienone is 2. The van der Waals surface area contributed by atoms with Crippen LogP contribution in [0.3, 0.4) is 0 Å². The van der Waals surface area contributed by atoms with Crippen LogP contribution >= 0.6 is 0 Å². The Labute approximate surface area is 197 Å². The first-order chi connectivity index (χ1) is 15.3. The van der Waals surface area contributed by atoms with Gasteiger partial charge in [0.05, 0.1) is 0 Å². The normalized spacial score (nSPS) is 13.7. The molecule has 0 aromatic rings. The lowest BCUT2D eigenvalue weighted by molar-refractivity contribution is 0.390. The van der Waals surface area contributed by atoms with Gasteiger partial charge >= 0.3 is 0 Å². The van der Waals surface area contributed by atoms with E-state index in [1.807, 2.05) is 0 Å². The predicted molar refractivity (Wildman–Crippen MR) is 142 cm³/mol. The molecule has 0 aliphatic carbocycles. The van der Waals surface area contributed by atoms with Gasteiger partial charge in [-0.05, 0) is 25.6 Å². The van der Waals surface area contributed by atoms with Crippen molar-refractivity contribution in [2.75, 3.05) is 13.1 Å². The van der Waals surface area contributed by atoms with Crippen LogP contribution in [-0.4, -0.2) is 18.0 Å². The van der Waals surface area contributed by atoms with Crippen molar-refractivity contribution in [3.63, 3.8) is 0 Å². The fourth-order valence-electron chi connectivity index (χ4n) is 4.70. The van der Waals surface area contributed by atoms with Gasteiger partial charge in [-0.25, -0.2) is 0 Å². The monoisotopic (exact) mass is 431 g/mol.